The Hall–Kier alpha value is -5.89. The molecule has 0 spiro atoms. The van der Waals surface area contributed by atoms with Crippen molar-refractivity contribution in [1.29, 1.82) is 0 Å². The maximum atomic E-state index is 13.5. The zero-order valence-corrected chi connectivity index (χ0v) is 30.9. The van der Waals surface area contributed by atoms with E-state index in [1.807, 2.05) is 29.3 Å². The predicted molar refractivity (Wildman–Crippen MR) is 203 cm³/mol. The fourth-order valence-corrected chi connectivity index (χ4v) is 7.55. The number of pyridine rings is 2. The molecule has 54 heavy (non-hydrogen) atoms. The topological polar surface area (TPSA) is 150 Å². The van der Waals surface area contributed by atoms with Crippen LogP contribution in [0.15, 0.2) is 81.6 Å². The zero-order chi connectivity index (χ0) is 37.9. The van der Waals surface area contributed by atoms with Crippen molar-refractivity contribution >= 4 is 16.7 Å². The van der Waals surface area contributed by atoms with Crippen LogP contribution in [-0.2, 0) is 7.05 Å². The summed E-state index contributed by atoms with van der Waals surface area (Å²) in [6.45, 7) is 4.03. The number of hydrogen-bond acceptors (Lipinski definition) is 10. The molecule has 2 aliphatic heterocycles. The Morgan fingerprint density at radius 1 is 0.852 bits per heavy atom. The molecule has 1 amide bonds. The fraction of sp³-hybridized carbons (Fsp3) is 0.375. The number of amides is 1. The predicted octanol–water partition coefficient (Wildman–Crippen LogP) is 3.86. The number of hydrogen-bond donors (Lipinski definition) is 1. The minimum atomic E-state index is -0.610. The first kappa shape index (κ1) is 36.5. The van der Waals surface area contributed by atoms with Crippen molar-refractivity contribution in [3.8, 4) is 39.8 Å². The first-order valence-corrected chi connectivity index (χ1v) is 18.1. The van der Waals surface area contributed by atoms with Crippen LogP contribution in [0.5, 0.6) is 23.0 Å². The highest BCUT2D eigenvalue weighted by Gasteiger charge is 2.29. The van der Waals surface area contributed by atoms with Gasteiger partial charge < -0.3 is 33.3 Å². The summed E-state index contributed by atoms with van der Waals surface area (Å²) in [6.07, 6.45) is 9.93. The van der Waals surface area contributed by atoms with Crippen LogP contribution in [0.1, 0.15) is 36.0 Å². The number of rotatable bonds is 10. The van der Waals surface area contributed by atoms with Crippen LogP contribution in [0.2, 0.25) is 0 Å². The molecule has 0 aliphatic carbocycles. The number of benzene rings is 2. The Morgan fingerprint density at radius 3 is 2.22 bits per heavy atom. The molecule has 2 aliphatic rings. The number of likely N-dealkylation sites (tertiary alicyclic amines) is 2. The molecule has 2 aromatic carbocycles. The average Bonchev–Trinajstić information content (AvgIpc) is 3.20. The summed E-state index contributed by atoms with van der Waals surface area (Å²) in [5.41, 5.74) is 1.30. The molecule has 2 fully saturated rings. The number of carbonyl (C=O) groups is 1. The fourth-order valence-electron chi connectivity index (χ4n) is 7.55. The molecule has 5 aromatic rings. The van der Waals surface area contributed by atoms with E-state index in [1.165, 1.54) is 23.9 Å². The van der Waals surface area contributed by atoms with Crippen molar-refractivity contribution in [2.75, 3.05) is 54.1 Å². The van der Waals surface area contributed by atoms with Crippen LogP contribution in [0, 0.1) is 5.92 Å². The van der Waals surface area contributed by atoms with Crippen molar-refractivity contribution in [3.63, 3.8) is 0 Å². The summed E-state index contributed by atoms with van der Waals surface area (Å²) in [7, 11) is 6.44. The summed E-state index contributed by atoms with van der Waals surface area (Å²) in [5.74, 6) is 2.45. The first-order valence-electron chi connectivity index (χ1n) is 18.1. The maximum Gasteiger partial charge on any atom is 0.333 e. The van der Waals surface area contributed by atoms with E-state index >= 15 is 0 Å². The molecule has 0 atom stereocenters. The van der Waals surface area contributed by atoms with Gasteiger partial charge in [0.15, 0.2) is 11.5 Å². The van der Waals surface area contributed by atoms with Crippen LogP contribution < -0.4 is 35.8 Å². The number of nitrogens with one attached hydrogen (secondary N) is 1. The number of H-pyrrole nitrogens is 1. The third-order valence-corrected chi connectivity index (χ3v) is 10.5. The third kappa shape index (κ3) is 7.33. The maximum absolute atomic E-state index is 13.5. The SMILES string of the molecule is COc1ccc(C(=O)N2CCC(CN3CCC(Oc4c(OC)cc(-c5cn(C)c(=O)c6cnccc56)cc4OC)CC3)CC2)cc1-n1ccc(=O)[nH]c1=O. The minimum absolute atomic E-state index is 0.0137. The number of nitrogens with zero attached hydrogens (tertiary/aromatic N) is 5. The van der Waals surface area contributed by atoms with E-state index in [4.69, 9.17) is 18.9 Å². The first-order chi connectivity index (χ1) is 26.2. The second-order valence-corrected chi connectivity index (χ2v) is 13.8. The van der Waals surface area contributed by atoms with Gasteiger partial charge in [0.1, 0.15) is 11.9 Å². The lowest BCUT2D eigenvalue weighted by Crippen LogP contribution is -2.44. The summed E-state index contributed by atoms with van der Waals surface area (Å²) in [5, 5.41) is 1.33. The minimum Gasteiger partial charge on any atom is -0.495 e. The standard InChI is InChI=1S/C40H44N6O8/c1-43-24-31(29-7-13-41-22-30(29)39(43)49)27-20-34(52-3)37(35(21-27)53-4)54-28-10-14-44(15-11-28)23-25-8-16-45(17-9-25)38(48)26-5-6-33(51-2)32(19-26)46-18-12-36(47)42-40(46)50/h5-7,12-13,18-22,24-25,28H,8-11,14-17,23H2,1-4H3,(H,42,47,50). The van der Waals surface area contributed by atoms with Crippen molar-refractivity contribution < 1.29 is 23.7 Å². The molecule has 5 heterocycles. The van der Waals surface area contributed by atoms with Gasteiger partial charge in [-0.1, -0.05) is 0 Å². The second kappa shape index (κ2) is 15.6. The quantitative estimate of drug-likeness (QED) is 0.224. The van der Waals surface area contributed by atoms with E-state index in [0.717, 1.165) is 61.8 Å². The van der Waals surface area contributed by atoms with Gasteiger partial charge in [0.05, 0.1) is 32.4 Å². The smallest absolute Gasteiger partial charge is 0.333 e. The third-order valence-electron chi connectivity index (χ3n) is 10.5. The van der Waals surface area contributed by atoms with Crippen LogP contribution in [0.25, 0.3) is 27.6 Å². The molecule has 0 unspecified atom stereocenters. The Bertz CT molecular complexity index is 2330. The molecule has 14 nitrogen and oxygen atoms in total. The van der Waals surface area contributed by atoms with Crippen LogP contribution >= 0.6 is 0 Å². The van der Waals surface area contributed by atoms with Gasteiger partial charge in [-0.3, -0.25) is 28.9 Å². The van der Waals surface area contributed by atoms with Crippen molar-refractivity contribution in [2.24, 2.45) is 13.0 Å². The van der Waals surface area contributed by atoms with Gasteiger partial charge in [-0.05, 0) is 78.9 Å². The number of aryl methyl sites for hydroxylation is 1. The highest BCUT2D eigenvalue weighted by molar-refractivity contribution is 5.96. The molecule has 0 radical (unpaired) electrons. The number of aromatic nitrogens is 4. The van der Waals surface area contributed by atoms with E-state index in [-0.39, 0.29) is 17.6 Å². The van der Waals surface area contributed by atoms with Gasteiger partial charge in [-0.25, -0.2) is 4.79 Å². The largest absolute Gasteiger partial charge is 0.495 e. The number of piperidine rings is 2. The van der Waals surface area contributed by atoms with Crippen LogP contribution in [0.4, 0.5) is 0 Å². The molecule has 7 rings (SSSR count). The van der Waals surface area contributed by atoms with Gasteiger partial charge in [-0.2, -0.15) is 0 Å². The molecule has 3 aromatic heterocycles. The number of fused-ring (bicyclic) bond motifs is 1. The molecular weight excluding hydrogens is 692 g/mol. The highest BCUT2D eigenvalue weighted by Crippen LogP contribution is 2.43. The lowest BCUT2D eigenvalue weighted by molar-refractivity contribution is 0.0599. The molecule has 14 heteroatoms. The second-order valence-electron chi connectivity index (χ2n) is 13.8. The van der Waals surface area contributed by atoms with Crippen LogP contribution in [0.3, 0.4) is 0 Å². The van der Waals surface area contributed by atoms with E-state index in [9.17, 15) is 19.2 Å². The number of ether oxygens (including phenoxy) is 4. The van der Waals surface area contributed by atoms with E-state index in [2.05, 4.69) is 14.9 Å². The van der Waals surface area contributed by atoms with E-state index < -0.39 is 11.2 Å². The van der Waals surface area contributed by atoms with Gasteiger partial charge in [0.2, 0.25) is 5.75 Å². The van der Waals surface area contributed by atoms with Gasteiger partial charge in [-0.15, -0.1) is 0 Å². The van der Waals surface area contributed by atoms with Crippen LogP contribution in [-0.4, -0.2) is 95.0 Å². The normalized spacial score (nSPS) is 15.7. The Labute approximate surface area is 311 Å². The van der Waals surface area contributed by atoms with Crippen molar-refractivity contribution in [3.05, 3.63) is 104 Å². The molecular formula is C40H44N6O8. The molecule has 282 valence electrons. The molecule has 2 saturated heterocycles. The number of aromatic amines is 1. The van der Waals surface area contributed by atoms with Crippen molar-refractivity contribution in [1.82, 2.24) is 28.9 Å². The summed E-state index contributed by atoms with van der Waals surface area (Å²) < 4.78 is 26.5. The summed E-state index contributed by atoms with van der Waals surface area (Å²) >= 11 is 0. The Kier molecular flexibility index (Phi) is 10.5. The number of carbonyl (C=O) groups excluding carboxylic acids is 1. The highest BCUT2D eigenvalue weighted by atomic mass is 16.5. The Balaban J connectivity index is 0.954. The summed E-state index contributed by atoms with van der Waals surface area (Å²) in [4.78, 5) is 61.1. The van der Waals surface area contributed by atoms with E-state index in [1.54, 1.807) is 56.4 Å². The average molecular weight is 737 g/mol. The van der Waals surface area contributed by atoms with Crippen molar-refractivity contribution in [2.45, 2.75) is 31.8 Å². The van der Waals surface area contributed by atoms with Gasteiger partial charge in [0, 0.05) is 81.8 Å². The van der Waals surface area contributed by atoms with Gasteiger partial charge in [0.25, 0.3) is 17.0 Å². The monoisotopic (exact) mass is 736 g/mol. The molecule has 1 N–H and O–H groups in total. The lowest BCUT2D eigenvalue weighted by Gasteiger charge is -2.38. The van der Waals surface area contributed by atoms with E-state index in [0.29, 0.717) is 58.6 Å². The lowest BCUT2D eigenvalue weighted by atomic mass is 9.94. The molecule has 0 saturated carbocycles. The Morgan fingerprint density at radius 2 is 1.56 bits per heavy atom. The zero-order valence-electron chi connectivity index (χ0n) is 30.9. The van der Waals surface area contributed by atoms with Gasteiger partial charge >= 0.3 is 5.69 Å². The summed E-state index contributed by atoms with van der Waals surface area (Å²) in [6, 6.07) is 11.9. The number of methoxy groups -OCH3 is 3. The molecule has 0 bridgehead atoms.